The average Bonchev–Trinajstić information content (AvgIpc) is 2.90. The molecule has 2 amide bonds. The minimum Gasteiger partial charge on any atom is -0.479 e. The highest BCUT2D eigenvalue weighted by atomic mass is 19.1. The van der Waals surface area contributed by atoms with Gasteiger partial charge in [0, 0.05) is 12.5 Å². The van der Waals surface area contributed by atoms with E-state index in [9.17, 15) is 14.3 Å². The molecule has 128 valence electrons. The van der Waals surface area contributed by atoms with Crippen molar-refractivity contribution >= 4 is 11.7 Å². The first-order chi connectivity index (χ1) is 12.1. The summed E-state index contributed by atoms with van der Waals surface area (Å²) in [5, 5.41) is 15.5. The van der Waals surface area contributed by atoms with Gasteiger partial charge in [0.15, 0.2) is 0 Å². The number of urea groups is 1. The molecular weight excluding hydrogens is 323 g/mol. The van der Waals surface area contributed by atoms with Crippen molar-refractivity contribution in [3.8, 4) is 18.1 Å². The minimum absolute atomic E-state index is 0.00333. The highest BCUT2D eigenvalue weighted by Crippen LogP contribution is 2.31. The van der Waals surface area contributed by atoms with Crippen molar-refractivity contribution in [3.05, 3.63) is 59.4 Å². The van der Waals surface area contributed by atoms with Gasteiger partial charge in [-0.05, 0) is 23.3 Å². The number of fused-ring (bicyclic) bond motifs is 1. The molecule has 25 heavy (non-hydrogen) atoms. The second-order valence-electron chi connectivity index (χ2n) is 5.68. The van der Waals surface area contributed by atoms with Gasteiger partial charge in [-0.3, -0.25) is 0 Å². The van der Waals surface area contributed by atoms with Gasteiger partial charge in [0.1, 0.15) is 18.2 Å². The second-order valence-corrected chi connectivity index (χ2v) is 5.68. The van der Waals surface area contributed by atoms with E-state index < -0.39 is 24.0 Å². The summed E-state index contributed by atoms with van der Waals surface area (Å²) in [6.07, 6.45) is 4.91. The van der Waals surface area contributed by atoms with E-state index in [1.54, 1.807) is 0 Å². The zero-order valence-electron chi connectivity index (χ0n) is 13.3. The van der Waals surface area contributed by atoms with Crippen LogP contribution in [0.4, 0.5) is 14.9 Å². The van der Waals surface area contributed by atoms with Crippen LogP contribution in [0.5, 0.6) is 5.75 Å². The fourth-order valence-corrected chi connectivity index (χ4v) is 2.89. The highest BCUT2D eigenvalue weighted by Gasteiger charge is 2.32. The Bertz CT molecular complexity index is 832. The van der Waals surface area contributed by atoms with Crippen molar-refractivity contribution in [2.24, 2.45) is 0 Å². The molecule has 0 heterocycles. The molecule has 2 atom stereocenters. The number of rotatable bonds is 4. The van der Waals surface area contributed by atoms with Gasteiger partial charge in [0.2, 0.25) is 0 Å². The third-order valence-corrected chi connectivity index (χ3v) is 3.99. The van der Waals surface area contributed by atoms with Gasteiger partial charge in [-0.2, -0.15) is 0 Å². The molecule has 0 spiro atoms. The summed E-state index contributed by atoms with van der Waals surface area (Å²) < 4.78 is 18.8. The van der Waals surface area contributed by atoms with E-state index in [4.69, 9.17) is 11.2 Å². The molecule has 2 aromatic carbocycles. The van der Waals surface area contributed by atoms with E-state index in [1.165, 1.54) is 12.1 Å². The summed E-state index contributed by atoms with van der Waals surface area (Å²) in [6.45, 7) is -0.00333. The maximum absolute atomic E-state index is 13.5. The van der Waals surface area contributed by atoms with Crippen LogP contribution >= 0.6 is 0 Å². The second kappa shape index (κ2) is 7.24. The predicted molar refractivity (Wildman–Crippen MR) is 91.8 cm³/mol. The third kappa shape index (κ3) is 3.73. The Hall–Kier alpha value is -3.04. The maximum Gasteiger partial charge on any atom is 0.319 e. The van der Waals surface area contributed by atoms with Crippen LogP contribution in [0.15, 0.2) is 42.5 Å². The zero-order valence-corrected chi connectivity index (χ0v) is 13.3. The minimum atomic E-state index is -0.715. The lowest BCUT2D eigenvalue weighted by atomic mass is 10.1. The van der Waals surface area contributed by atoms with Gasteiger partial charge in [-0.25, -0.2) is 9.18 Å². The Labute approximate surface area is 144 Å². The van der Waals surface area contributed by atoms with Gasteiger partial charge in [0.05, 0.1) is 17.8 Å². The van der Waals surface area contributed by atoms with Crippen molar-refractivity contribution in [2.45, 2.75) is 18.6 Å². The van der Waals surface area contributed by atoms with E-state index in [0.29, 0.717) is 6.42 Å². The van der Waals surface area contributed by atoms with Crippen LogP contribution in [0, 0.1) is 18.2 Å². The summed E-state index contributed by atoms with van der Waals surface area (Å²) in [7, 11) is 0. The number of benzene rings is 2. The molecule has 0 bridgehead atoms. The number of terminal acetylenes is 1. The Morgan fingerprint density at radius 2 is 2.16 bits per heavy atom. The SMILES string of the molecule is C#CCOc1ccc(F)cc1NC(=O)N[C@H]1c2ccccc2C[C@H]1O. The number of hydrogen-bond donors (Lipinski definition) is 3. The first-order valence-corrected chi connectivity index (χ1v) is 7.77. The molecule has 1 aliphatic carbocycles. The Kier molecular flexibility index (Phi) is 4.87. The van der Waals surface area contributed by atoms with Crippen LogP contribution in [0.2, 0.25) is 0 Å². The lowest BCUT2D eigenvalue weighted by molar-refractivity contribution is 0.144. The summed E-state index contributed by atoms with van der Waals surface area (Å²) in [4.78, 5) is 12.3. The first kappa shape index (κ1) is 16.8. The standard InChI is InChI=1S/C19H17FN2O3/c1-2-9-25-17-8-7-13(20)11-15(17)21-19(24)22-18-14-6-4-3-5-12(14)10-16(18)23/h1,3-8,11,16,18,23H,9-10H2,(H2,21,22,24)/t16-,18+/m1/s1. The largest absolute Gasteiger partial charge is 0.479 e. The van der Waals surface area contributed by atoms with Crippen LogP contribution in [0.3, 0.4) is 0 Å². The predicted octanol–water partition coefficient (Wildman–Crippen LogP) is 2.62. The van der Waals surface area contributed by atoms with Crippen molar-refractivity contribution in [1.82, 2.24) is 5.32 Å². The number of halogens is 1. The van der Waals surface area contributed by atoms with Gasteiger partial charge in [-0.1, -0.05) is 30.2 Å². The quantitative estimate of drug-likeness (QED) is 0.750. The molecule has 0 saturated carbocycles. The molecule has 0 aliphatic heterocycles. The summed E-state index contributed by atoms with van der Waals surface area (Å²) in [5.74, 6) is 2.06. The van der Waals surface area contributed by atoms with Crippen molar-refractivity contribution in [2.75, 3.05) is 11.9 Å². The first-order valence-electron chi connectivity index (χ1n) is 7.77. The van der Waals surface area contributed by atoms with E-state index in [1.807, 2.05) is 24.3 Å². The average molecular weight is 340 g/mol. The monoisotopic (exact) mass is 340 g/mol. The number of hydrogen-bond acceptors (Lipinski definition) is 3. The lowest BCUT2D eigenvalue weighted by Crippen LogP contribution is -2.36. The van der Waals surface area contributed by atoms with Crippen molar-refractivity contribution < 1.29 is 19.0 Å². The smallest absolute Gasteiger partial charge is 0.319 e. The summed E-state index contributed by atoms with van der Waals surface area (Å²) in [6, 6.07) is 10.2. The molecule has 0 fully saturated rings. The van der Waals surface area contributed by atoms with E-state index in [2.05, 4.69) is 16.6 Å². The third-order valence-electron chi connectivity index (χ3n) is 3.99. The number of nitrogens with one attached hydrogen (secondary N) is 2. The Morgan fingerprint density at radius 1 is 1.36 bits per heavy atom. The zero-order chi connectivity index (χ0) is 17.8. The van der Waals surface area contributed by atoms with Gasteiger partial charge in [-0.15, -0.1) is 6.42 Å². The molecule has 5 nitrogen and oxygen atoms in total. The van der Waals surface area contributed by atoms with Crippen molar-refractivity contribution in [1.29, 1.82) is 0 Å². The Balaban J connectivity index is 1.73. The van der Waals surface area contributed by atoms with Crippen LogP contribution in [0.1, 0.15) is 17.2 Å². The fraction of sp³-hybridized carbons (Fsp3) is 0.211. The normalized spacial score (nSPS) is 18.1. The van der Waals surface area contributed by atoms with Crippen molar-refractivity contribution in [3.63, 3.8) is 0 Å². The number of aliphatic hydroxyl groups is 1. The van der Waals surface area contributed by atoms with Crippen LogP contribution < -0.4 is 15.4 Å². The van der Waals surface area contributed by atoms with Crippen LogP contribution in [-0.4, -0.2) is 23.8 Å². The number of amides is 2. The Morgan fingerprint density at radius 3 is 2.96 bits per heavy atom. The highest BCUT2D eigenvalue weighted by molar-refractivity contribution is 5.91. The van der Waals surface area contributed by atoms with Gasteiger partial charge in [0.25, 0.3) is 0 Å². The topological polar surface area (TPSA) is 70.6 Å². The van der Waals surface area contributed by atoms with E-state index >= 15 is 0 Å². The lowest BCUT2D eigenvalue weighted by Gasteiger charge is -2.19. The van der Waals surface area contributed by atoms with Crippen LogP contribution in [-0.2, 0) is 6.42 Å². The molecule has 3 N–H and O–H groups in total. The number of anilines is 1. The maximum atomic E-state index is 13.5. The molecule has 0 aromatic heterocycles. The molecule has 0 unspecified atom stereocenters. The molecule has 1 aliphatic rings. The fourth-order valence-electron chi connectivity index (χ4n) is 2.89. The summed E-state index contributed by atoms with van der Waals surface area (Å²) >= 11 is 0. The number of carbonyl (C=O) groups excluding carboxylic acids is 1. The molecule has 2 aromatic rings. The van der Waals surface area contributed by atoms with E-state index in [0.717, 1.165) is 17.2 Å². The molecule has 3 rings (SSSR count). The molecule has 0 saturated heterocycles. The summed E-state index contributed by atoms with van der Waals surface area (Å²) in [5.41, 5.74) is 2.02. The van der Waals surface area contributed by atoms with Crippen LogP contribution in [0.25, 0.3) is 0 Å². The number of aliphatic hydroxyl groups excluding tert-OH is 1. The van der Waals surface area contributed by atoms with Gasteiger partial charge < -0.3 is 20.5 Å². The molecule has 0 radical (unpaired) electrons. The number of ether oxygens (including phenoxy) is 1. The number of carbonyl (C=O) groups is 1. The van der Waals surface area contributed by atoms with Gasteiger partial charge >= 0.3 is 6.03 Å². The molecule has 6 heteroatoms. The molecular formula is C19H17FN2O3. The van der Waals surface area contributed by atoms with E-state index in [-0.39, 0.29) is 18.0 Å².